The Kier molecular flexibility index (Phi) is 3.87. The lowest BCUT2D eigenvalue weighted by Crippen LogP contribution is -2.27. The predicted octanol–water partition coefficient (Wildman–Crippen LogP) is 0.938. The summed E-state index contributed by atoms with van der Waals surface area (Å²) in [6, 6.07) is 0. The summed E-state index contributed by atoms with van der Waals surface area (Å²) in [5, 5.41) is 3.39. The summed E-state index contributed by atoms with van der Waals surface area (Å²) in [7, 11) is 2.22. The molecular weight excluding hydrogens is 136 g/mol. The molecule has 1 fully saturated rings. The molecule has 1 atom stereocenters. The summed E-state index contributed by atoms with van der Waals surface area (Å²) in [4.78, 5) is 2.44. The van der Waals surface area contributed by atoms with Crippen molar-refractivity contribution in [2.75, 3.05) is 33.2 Å². The van der Waals surface area contributed by atoms with Crippen LogP contribution >= 0.6 is 0 Å². The lowest BCUT2D eigenvalue weighted by Gasteiger charge is -2.19. The van der Waals surface area contributed by atoms with E-state index in [0.29, 0.717) is 0 Å². The first kappa shape index (κ1) is 9.01. The molecule has 0 saturated carbocycles. The molecule has 1 saturated heterocycles. The van der Waals surface area contributed by atoms with Crippen LogP contribution in [-0.4, -0.2) is 38.1 Å². The van der Waals surface area contributed by atoms with E-state index in [-0.39, 0.29) is 0 Å². The summed E-state index contributed by atoms with van der Waals surface area (Å²) in [6.45, 7) is 7.22. The van der Waals surface area contributed by atoms with Crippen LogP contribution in [0, 0.1) is 5.92 Å². The minimum absolute atomic E-state index is 0.909. The second-order valence-corrected chi connectivity index (χ2v) is 3.62. The molecule has 66 valence electrons. The molecule has 1 heterocycles. The number of hydrogen-bond acceptors (Lipinski definition) is 2. The van der Waals surface area contributed by atoms with Crippen LogP contribution in [0.25, 0.3) is 0 Å². The standard InChI is InChI=1S/C9H20N2/c1-3-6-11(2)8-9-4-5-10-7-9/h9-10H,3-8H2,1-2H3/t9-/m0/s1. The Bertz CT molecular complexity index is 97.7. The summed E-state index contributed by atoms with van der Waals surface area (Å²) in [5.74, 6) is 0.909. The van der Waals surface area contributed by atoms with Crippen molar-refractivity contribution in [3.63, 3.8) is 0 Å². The van der Waals surface area contributed by atoms with Crippen LogP contribution in [0.2, 0.25) is 0 Å². The van der Waals surface area contributed by atoms with Crippen LogP contribution in [-0.2, 0) is 0 Å². The second-order valence-electron chi connectivity index (χ2n) is 3.62. The molecule has 0 radical (unpaired) electrons. The van der Waals surface area contributed by atoms with Gasteiger partial charge in [0.05, 0.1) is 0 Å². The molecular formula is C9H20N2. The Morgan fingerprint density at radius 3 is 2.91 bits per heavy atom. The Labute approximate surface area is 70.0 Å². The van der Waals surface area contributed by atoms with E-state index in [1.807, 2.05) is 0 Å². The highest BCUT2D eigenvalue weighted by Crippen LogP contribution is 2.08. The zero-order valence-corrected chi connectivity index (χ0v) is 7.77. The topological polar surface area (TPSA) is 15.3 Å². The average Bonchev–Trinajstić information content (AvgIpc) is 2.40. The van der Waals surface area contributed by atoms with Crippen molar-refractivity contribution in [2.24, 2.45) is 5.92 Å². The third kappa shape index (κ3) is 3.21. The van der Waals surface area contributed by atoms with Crippen molar-refractivity contribution in [1.29, 1.82) is 0 Å². The molecule has 0 aromatic carbocycles. The minimum Gasteiger partial charge on any atom is -0.316 e. The summed E-state index contributed by atoms with van der Waals surface area (Å²) in [5.41, 5.74) is 0. The van der Waals surface area contributed by atoms with Gasteiger partial charge in [-0.1, -0.05) is 6.92 Å². The van der Waals surface area contributed by atoms with Crippen molar-refractivity contribution in [2.45, 2.75) is 19.8 Å². The number of nitrogens with zero attached hydrogens (tertiary/aromatic N) is 1. The van der Waals surface area contributed by atoms with E-state index in [1.54, 1.807) is 0 Å². The molecule has 1 N–H and O–H groups in total. The first-order valence-electron chi connectivity index (χ1n) is 4.72. The quantitative estimate of drug-likeness (QED) is 0.651. The highest BCUT2D eigenvalue weighted by molar-refractivity contribution is 4.73. The predicted molar refractivity (Wildman–Crippen MR) is 48.8 cm³/mol. The van der Waals surface area contributed by atoms with Crippen molar-refractivity contribution >= 4 is 0 Å². The molecule has 0 aromatic rings. The van der Waals surface area contributed by atoms with Crippen LogP contribution in [0.4, 0.5) is 0 Å². The largest absolute Gasteiger partial charge is 0.316 e. The van der Waals surface area contributed by atoms with E-state index in [2.05, 4.69) is 24.2 Å². The van der Waals surface area contributed by atoms with Crippen LogP contribution < -0.4 is 5.32 Å². The third-order valence-corrected chi connectivity index (χ3v) is 2.34. The molecule has 0 aromatic heterocycles. The summed E-state index contributed by atoms with van der Waals surface area (Å²) >= 11 is 0. The van der Waals surface area contributed by atoms with E-state index in [1.165, 1.54) is 39.0 Å². The van der Waals surface area contributed by atoms with Crippen molar-refractivity contribution in [3.8, 4) is 0 Å². The van der Waals surface area contributed by atoms with Gasteiger partial charge in [-0.15, -0.1) is 0 Å². The lowest BCUT2D eigenvalue weighted by molar-refractivity contribution is 0.286. The molecule has 0 unspecified atom stereocenters. The van der Waals surface area contributed by atoms with Gasteiger partial charge in [0.15, 0.2) is 0 Å². The van der Waals surface area contributed by atoms with E-state index >= 15 is 0 Å². The van der Waals surface area contributed by atoms with Gasteiger partial charge in [-0.05, 0) is 45.4 Å². The van der Waals surface area contributed by atoms with Crippen LogP contribution in [0.15, 0.2) is 0 Å². The van der Waals surface area contributed by atoms with Crippen molar-refractivity contribution in [1.82, 2.24) is 10.2 Å². The molecule has 1 rings (SSSR count). The fourth-order valence-corrected chi connectivity index (χ4v) is 1.78. The highest BCUT2D eigenvalue weighted by atomic mass is 15.1. The van der Waals surface area contributed by atoms with E-state index in [0.717, 1.165) is 5.92 Å². The maximum Gasteiger partial charge on any atom is 0.00192 e. The van der Waals surface area contributed by atoms with Crippen molar-refractivity contribution in [3.05, 3.63) is 0 Å². The smallest absolute Gasteiger partial charge is 0.00192 e. The van der Waals surface area contributed by atoms with Gasteiger partial charge in [-0.3, -0.25) is 0 Å². The van der Waals surface area contributed by atoms with Gasteiger partial charge in [-0.25, -0.2) is 0 Å². The highest BCUT2D eigenvalue weighted by Gasteiger charge is 2.15. The molecule has 11 heavy (non-hydrogen) atoms. The molecule has 2 heteroatoms. The van der Waals surface area contributed by atoms with Gasteiger partial charge in [0.2, 0.25) is 0 Å². The Hall–Kier alpha value is -0.0800. The van der Waals surface area contributed by atoms with E-state index in [9.17, 15) is 0 Å². The molecule has 0 aliphatic carbocycles. The summed E-state index contributed by atoms with van der Waals surface area (Å²) in [6.07, 6.45) is 2.64. The maximum absolute atomic E-state index is 3.39. The van der Waals surface area contributed by atoms with Crippen molar-refractivity contribution < 1.29 is 0 Å². The molecule has 0 spiro atoms. The normalized spacial score (nSPS) is 24.8. The summed E-state index contributed by atoms with van der Waals surface area (Å²) < 4.78 is 0. The number of nitrogens with one attached hydrogen (secondary N) is 1. The fourth-order valence-electron chi connectivity index (χ4n) is 1.78. The first-order valence-corrected chi connectivity index (χ1v) is 4.72. The minimum atomic E-state index is 0.909. The zero-order valence-electron chi connectivity index (χ0n) is 7.77. The third-order valence-electron chi connectivity index (χ3n) is 2.34. The van der Waals surface area contributed by atoms with Crippen LogP contribution in [0.3, 0.4) is 0 Å². The monoisotopic (exact) mass is 156 g/mol. The molecule has 1 aliphatic heterocycles. The Morgan fingerprint density at radius 2 is 2.36 bits per heavy atom. The number of hydrogen-bond donors (Lipinski definition) is 1. The second kappa shape index (κ2) is 4.73. The van der Waals surface area contributed by atoms with Gasteiger partial charge in [0.1, 0.15) is 0 Å². The Balaban J connectivity index is 2.08. The molecule has 2 nitrogen and oxygen atoms in total. The molecule has 0 amide bonds. The fraction of sp³-hybridized carbons (Fsp3) is 1.00. The van der Waals surface area contributed by atoms with Crippen LogP contribution in [0.5, 0.6) is 0 Å². The lowest BCUT2D eigenvalue weighted by atomic mass is 10.1. The SMILES string of the molecule is CCCN(C)C[C@H]1CCNC1. The number of rotatable bonds is 4. The molecule has 1 aliphatic rings. The van der Waals surface area contributed by atoms with E-state index in [4.69, 9.17) is 0 Å². The van der Waals surface area contributed by atoms with E-state index < -0.39 is 0 Å². The van der Waals surface area contributed by atoms with Crippen LogP contribution in [0.1, 0.15) is 19.8 Å². The van der Waals surface area contributed by atoms with Gasteiger partial charge < -0.3 is 10.2 Å². The molecule has 0 bridgehead atoms. The van der Waals surface area contributed by atoms with Gasteiger partial charge >= 0.3 is 0 Å². The van der Waals surface area contributed by atoms with Gasteiger partial charge in [0.25, 0.3) is 0 Å². The zero-order chi connectivity index (χ0) is 8.10. The first-order chi connectivity index (χ1) is 5.33. The van der Waals surface area contributed by atoms with Gasteiger partial charge in [-0.2, -0.15) is 0 Å². The average molecular weight is 156 g/mol. The maximum atomic E-state index is 3.39. The Morgan fingerprint density at radius 1 is 1.55 bits per heavy atom. The van der Waals surface area contributed by atoms with Gasteiger partial charge in [0, 0.05) is 6.54 Å².